The number of imidazole rings is 1. The highest BCUT2D eigenvalue weighted by Crippen LogP contribution is 2.31. The molecule has 1 amide bonds. The van der Waals surface area contributed by atoms with E-state index in [2.05, 4.69) is 15.3 Å². The van der Waals surface area contributed by atoms with E-state index < -0.39 is 0 Å². The summed E-state index contributed by atoms with van der Waals surface area (Å²) in [6.45, 7) is 1.98. The molecule has 1 unspecified atom stereocenters. The predicted octanol–water partition coefficient (Wildman–Crippen LogP) is 2.24. The lowest BCUT2D eigenvalue weighted by Crippen LogP contribution is -2.25. The van der Waals surface area contributed by atoms with Gasteiger partial charge in [0.2, 0.25) is 5.91 Å². The number of aromatic nitrogens is 3. The van der Waals surface area contributed by atoms with Crippen molar-refractivity contribution in [1.29, 1.82) is 0 Å². The minimum atomic E-state index is -0.144. The molecule has 0 bridgehead atoms. The standard InChI is InChI=1S/C13H16N4OS/c1-8-6-14-13(19-8)16-12(18)9-4-3-5-10-11(9)15-7-17(10)2/h6-7,9H,3-5H2,1-2H3,(H,14,16,18). The number of aryl methyl sites for hydroxylation is 2. The van der Waals surface area contributed by atoms with E-state index in [0.717, 1.165) is 29.8 Å². The zero-order valence-electron chi connectivity index (χ0n) is 11.0. The number of nitrogens with one attached hydrogen (secondary N) is 1. The quantitative estimate of drug-likeness (QED) is 0.915. The first-order valence-electron chi connectivity index (χ1n) is 6.38. The molecule has 6 heteroatoms. The van der Waals surface area contributed by atoms with Crippen molar-refractivity contribution >= 4 is 22.4 Å². The van der Waals surface area contributed by atoms with Crippen LogP contribution in [0.2, 0.25) is 0 Å². The summed E-state index contributed by atoms with van der Waals surface area (Å²) in [7, 11) is 1.98. The smallest absolute Gasteiger partial charge is 0.235 e. The van der Waals surface area contributed by atoms with E-state index in [1.54, 1.807) is 12.5 Å². The number of amides is 1. The molecular weight excluding hydrogens is 260 g/mol. The lowest BCUT2D eigenvalue weighted by Gasteiger charge is -2.20. The fourth-order valence-electron chi connectivity index (χ4n) is 2.54. The highest BCUT2D eigenvalue weighted by molar-refractivity contribution is 7.15. The Kier molecular flexibility index (Phi) is 3.10. The van der Waals surface area contributed by atoms with Crippen LogP contribution in [0.25, 0.3) is 0 Å². The normalized spacial score (nSPS) is 18.1. The maximum atomic E-state index is 12.4. The molecule has 0 aliphatic heterocycles. The Morgan fingerprint density at radius 1 is 1.53 bits per heavy atom. The van der Waals surface area contributed by atoms with Gasteiger partial charge in [-0.25, -0.2) is 9.97 Å². The van der Waals surface area contributed by atoms with Gasteiger partial charge in [-0.05, 0) is 26.2 Å². The minimum absolute atomic E-state index is 0.00833. The Labute approximate surface area is 115 Å². The van der Waals surface area contributed by atoms with Gasteiger partial charge in [-0.15, -0.1) is 11.3 Å². The fraction of sp³-hybridized carbons (Fsp3) is 0.462. The van der Waals surface area contributed by atoms with Gasteiger partial charge in [0.15, 0.2) is 5.13 Å². The molecule has 19 heavy (non-hydrogen) atoms. The van der Waals surface area contributed by atoms with Crippen LogP contribution in [-0.2, 0) is 18.3 Å². The number of anilines is 1. The largest absolute Gasteiger partial charge is 0.337 e. The first kappa shape index (κ1) is 12.3. The summed E-state index contributed by atoms with van der Waals surface area (Å²) < 4.78 is 2.02. The van der Waals surface area contributed by atoms with Gasteiger partial charge >= 0.3 is 0 Å². The number of nitrogens with zero attached hydrogens (tertiary/aromatic N) is 3. The monoisotopic (exact) mass is 276 g/mol. The zero-order valence-corrected chi connectivity index (χ0v) is 11.8. The summed E-state index contributed by atoms with van der Waals surface area (Å²) in [6, 6.07) is 0. The molecule has 0 saturated carbocycles. The molecule has 100 valence electrons. The van der Waals surface area contributed by atoms with Gasteiger partial charge in [0.1, 0.15) is 0 Å². The highest BCUT2D eigenvalue weighted by atomic mass is 32.1. The van der Waals surface area contributed by atoms with Gasteiger partial charge in [-0.1, -0.05) is 0 Å². The second-order valence-corrected chi connectivity index (χ2v) is 6.13. The van der Waals surface area contributed by atoms with E-state index in [4.69, 9.17) is 0 Å². The highest BCUT2D eigenvalue weighted by Gasteiger charge is 2.30. The van der Waals surface area contributed by atoms with Crippen LogP contribution in [0.3, 0.4) is 0 Å². The summed E-state index contributed by atoms with van der Waals surface area (Å²) in [5, 5.41) is 3.57. The molecule has 0 radical (unpaired) electrons. The number of carbonyl (C=O) groups is 1. The average molecular weight is 276 g/mol. The van der Waals surface area contributed by atoms with Crippen LogP contribution in [0.4, 0.5) is 5.13 Å². The van der Waals surface area contributed by atoms with Crippen LogP contribution in [-0.4, -0.2) is 20.4 Å². The first-order valence-corrected chi connectivity index (χ1v) is 7.20. The van der Waals surface area contributed by atoms with E-state index >= 15 is 0 Å². The van der Waals surface area contributed by atoms with E-state index in [1.165, 1.54) is 17.0 Å². The maximum Gasteiger partial charge on any atom is 0.235 e. The van der Waals surface area contributed by atoms with Gasteiger partial charge in [-0.2, -0.15) is 0 Å². The SMILES string of the molecule is Cc1cnc(NC(=O)C2CCCc3c2ncn3C)s1. The predicted molar refractivity (Wildman–Crippen MR) is 74.4 cm³/mol. The Bertz CT molecular complexity index is 616. The summed E-state index contributed by atoms with van der Waals surface area (Å²) >= 11 is 1.50. The summed E-state index contributed by atoms with van der Waals surface area (Å²) in [5.41, 5.74) is 2.11. The van der Waals surface area contributed by atoms with Crippen molar-refractivity contribution in [3.05, 3.63) is 28.8 Å². The van der Waals surface area contributed by atoms with Crippen molar-refractivity contribution in [2.75, 3.05) is 5.32 Å². The minimum Gasteiger partial charge on any atom is -0.337 e. The van der Waals surface area contributed by atoms with Crippen molar-refractivity contribution in [1.82, 2.24) is 14.5 Å². The van der Waals surface area contributed by atoms with E-state index in [1.807, 2.05) is 18.5 Å². The summed E-state index contributed by atoms with van der Waals surface area (Å²) in [6.07, 6.45) is 6.46. The zero-order chi connectivity index (χ0) is 13.4. The van der Waals surface area contributed by atoms with Gasteiger partial charge in [-0.3, -0.25) is 4.79 Å². The molecule has 2 heterocycles. The number of carbonyl (C=O) groups excluding carboxylic acids is 1. The maximum absolute atomic E-state index is 12.4. The molecular formula is C13H16N4OS. The third-order valence-corrected chi connectivity index (χ3v) is 4.32. The van der Waals surface area contributed by atoms with Crippen molar-refractivity contribution < 1.29 is 4.79 Å². The van der Waals surface area contributed by atoms with Gasteiger partial charge < -0.3 is 9.88 Å². The van der Waals surface area contributed by atoms with Crippen LogP contribution in [0.1, 0.15) is 35.0 Å². The number of hydrogen-bond donors (Lipinski definition) is 1. The van der Waals surface area contributed by atoms with Gasteiger partial charge in [0, 0.05) is 23.8 Å². The van der Waals surface area contributed by atoms with E-state index in [-0.39, 0.29) is 11.8 Å². The van der Waals surface area contributed by atoms with E-state index in [9.17, 15) is 4.79 Å². The van der Waals surface area contributed by atoms with Crippen LogP contribution in [0, 0.1) is 6.92 Å². The molecule has 2 aromatic rings. The Balaban J connectivity index is 1.81. The second kappa shape index (κ2) is 4.77. The molecule has 2 aromatic heterocycles. The van der Waals surface area contributed by atoms with Crippen molar-refractivity contribution in [2.24, 2.45) is 7.05 Å². The van der Waals surface area contributed by atoms with Crippen molar-refractivity contribution in [2.45, 2.75) is 32.1 Å². The van der Waals surface area contributed by atoms with Crippen LogP contribution in [0.15, 0.2) is 12.5 Å². The summed E-state index contributed by atoms with van der Waals surface area (Å²) in [4.78, 5) is 22.0. The molecule has 1 aliphatic rings. The number of rotatable bonds is 2. The number of hydrogen-bond acceptors (Lipinski definition) is 4. The fourth-order valence-corrected chi connectivity index (χ4v) is 3.21. The molecule has 1 aliphatic carbocycles. The molecule has 3 rings (SSSR count). The number of fused-ring (bicyclic) bond motifs is 1. The molecule has 0 aromatic carbocycles. The van der Waals surface area contributed by atoms with Crippen molar-refractivity contribution in [3.8, 4) is 0 Å². The lowest BCUT2D eigenvalue weighted by molar-refractivity contribution is -0.118. The van der Waals surface area contributed by atoms with Crippen LogP contribution < -0.4 is 5.32 Å². The van der Waals surface area contributed by atoms with Gasteiger partial charge in [0.25, 0.3) is 0 Å². The Morgan fingerprint density at radius 2 is 2.37 bits per heavy atom. The van der Waals surface area contributed by atoms with Crippen molar-refractivity contribution in [3.63, 3.8) is 0 Å². The topological polar surface area (TPSA) is 59.8 Å². The first-order chi connectivity index (χ1) is 9.15. The lowest BCUT2D eigenvalue weighted by atomic mass is 9.89. The van der Waals surface area contributed by atoms with Gasteiger partial charge in [0.05, 0.1) is 17.9 Å². The third kappa shape index (κ3) is 2.28. The molecule has 1 atom stereocenters. The summed E-state index contributed by atoms with van der Waals surface area (Å²) in [5.74, 6) is -0.136. The Morgan fingerprint density at radius 3 is 3.11 bits per heavy atom. The molecule has 0 fully saturated rings. The number of thiazole rings is 1. The molecule has 0 spiro atoms. The average Bonchev–Trinajstić information content (AvgIpc) is 2.96. The van der Waals surface area contributed by atoms with Crippen LogP contribution in [0.5, 0.6) is 0 Å². The molecule has 1 N–H and O–H groups in total. The molecule has 5 nitrogen and oxygen atoms in total. The Hall–Kier alpha value is -1.69. The third-order valence-electron chi connectivity index (χ3n) is 3.50. The van der Waals surface area contributed by atoms with E-state index in [0.29, 0.717) is 5.13 Å². The molecule has 0 saturated heterocycles. The second-order valence-electron chi connectivity index (χ2n) is 4.90. The van der Waals surface area contributed by atoms with Crippen LogP contribution >= 0.6 is 11.3 Å².